The summed E-state index contributed by atoms with van der Waals surface area (Å²) >= 11 is 0. The van der Waals surface area contributed by atoms with Crippen LogP contribution in [0.25, 0.3) is 0 Å². The Morgan fingerprint density at radius 1 is 1.14 bits per heavy atom. The average Bonchev–Trinajstić information content (AvgIpc) is 3.09. The van der Waals surface area contributed by atoms with Gasteiger partial charge in [0.1, 0.15) is 5.82 Å². The van der Waals surface area contributed by atoms with E-state index in [1.54, 1.807) is 11.0 Å². The summed E-state index contributed by atoms with van der Waals surface area (Å²) in [5.74, 6) is -2.60. The molecule has 7 heteroatoms. The van der Waals surface area contributed by atoms with Gasteiger partial charge in [0.15, 0.2) is 6.61 Å². The summed E-state index contributed by atoms with van der Waals surface area (Å²) < 4.78 is 19.2. The Kier molecular flexibility index (Phi) is 6.26. The highest BCUT2D eigenvalue weighted by Crippen LogP contribution is 2.28. The molecule has 2 aromatic carbocycles. The molecule has 0 saturated carbocycles. The Morgan fingerprint density at radius 2 is 1.79 bits per heavy atom. The molecule has 6 nitrogen and oxygen atoms in total. The third-order valence-corrected chi connectivity index (χ3v) is 4.76. The summed E-state index contributed by atoms with van der Waals surface area (Å²) in [4.78, 5) is 40.1. The highest BCUT2D eigenvalue weighted by atomic mass is 19.1. The van der Waals surface area contributed by atoms with Crippen LogP contribution >= 0.6 is 0 Å². The first-order valence-corrected chi connectivity index (χ1v) is 9.47. The molecule has 1 atom stereocenters. The van der Waals surface area contributed by atoms with Crippen LogP contribution in [0.2, 0.25) is 0 Å². The normalized spacial score (nSPS) is 16.2. The lowest BCUT2D eigenvalue weighted by molar-refractivity contribution is -0.151. The van der Waals surface area contributed by atoms with Gasteiger partial charge >= 0.3 is 5.97 Å². The lowest BCUT2D eigenvalue weighted by Gasteiger charge is -2.26. The van der Waals surface area contributed by atoms with Crippen molar-refractivity contribution in [1.29, 1.82) is 0 Å². The largest absolute Gasteiger partial charge is 0.455 e. The average molecular weight is 398 g/mol. The van der Waals surface area contributed by atoms with Crippen molar-refractivity contribution in [3.63, 3.8) is 0 Å². The van der Waals surface area contributed by atoms with Crippen molar-refractivity contribution in [1.82, 2.24) is 0 Å². The molecule has 1 aliphatic heterocycles. The van der Waals surface area contributed by atoms with Gasteiger partial charge in [-0.3, -0.25) is 14.4 Å². The van der Waals surface area contributed by atoms with E-state index in [1.165, 1.54) is 23.1 Å². The van der Waals surface area contributed by atoms with Crippen LogP contribution in [-0.4, -0.2) is 37.0 Å². The van der Waals surface area contributed by atoms with Crippen LogP contribution in [0.15, 0.2) is 54.6 Å². The second-order valence-corrected chi connectivity index (χ2v) is 7.16. The molecule has 0 bridgehead atoms. The van der Waals surface area contributed by atoms with Gasteiger partial charge in [-0.2, -0.15) is 0 Å². The van der Waals surface area contributed by atoms with Crippen LogP contribution < -0.4 is 9.80 Å². The molecule has 0 aromatic heterocycles. The van der Waals surface area contributed by atoms with E-state index in [1.807, 2.05) is 44.2 Å². The lowest BCUT2D eigenvalue weighted by Crippen LogP contribution is -2.40. The van der Waals surface area contributed by atoms with Gasteiger partial charge in [0, 0.05) is 24.7 Å². The molecule has 2 amide bonds. The summed E-state index contributed by atoms with van der Waals surface area (Å²) in [6, 6.07) is 14.9. The number of halogens is 1. The van der Waals surface area contributed by atoms with Gasteiger partial charge in [0.05, 0.1) is 11.6 Å². The van der Waals surface area contributed by atoms with E-state index >= 15 is 0 Å². The van der Waals surface area contributed by atoms with Crippen molar-refractivity contribution in [3.05, 3.63) is 60.4 Å². The van der Waals surface area contributed by atoms with E-state index < -0.39 is 24.3 Å². The van der Waals surface area contributed by atoms with Gasteiger partial charge in [-0.1, -0.05) is 30.3 Å². The monoisotopic (exact) mass is 398 g/mol. The maximum absolute atomic E-state index is 14.0. The van der Waals surface area contributed by atoms with E-state index in [0.717, 1.165) is 0 Å². The van der Waals surface area contributed by atoms with Gasteiger partial charge in [-0.05, 0) is 38.1 Å². The van der Waals surface area contributed by atoms with Crippen molar-refractivity contribution in [2.24, 2.45) is 5.92 Å². The number of esters is 1. The second kappa shape index (κ2) is 8.86. The first-order chi connectivity index (χ1) is 13.9. The molecule has 3 rings (SSSR count). The highest BCUT2D eigenvalue weighted by molar-refractivity contribution is 6.00. The number of amides is 2. The van der Waals surface area contributed by atoms with E-state index in [2.05, 4.69) is 0 Å². The molecular weight excluding hydrogens is 375 g/mol. The molecule has 0 aliphatic carbocycles. The number of rotatable bonds is 6. The van der Waals surface area contributed by atoms with Gasteiger partial charge in [0.2, 0.25) is 5.91 Å². The minimum absolute atomic E-state index is 0.0272. The van der Waals surface area contributed by atoms with Crippen molar-refractivity contribution >= 4 is 29.2 Å². The van der Waals surface area contributed by atoms with Crippen molar-refractivity contribution < 1.29 is 23.5 Å². The zero-order chi connectivity index (χ0) is 21.0. The Hall–Kier alpha value is -3.22. The van der Waals surface area contributed by atoms with Crippen molar-refractivity contribution in [2.75, 3.05) is 23.0 Å². The zero-order valence-electron chi connectivity index (χ0n) is 16.4. The fourth-order valence-corrected chi connectivity index (χ4v) is 3.41. The van der Waals surface area contributed by atoms with Gasteiger partial charge in [0.25, 0.3) is 5.91 Å². The third-order valence-electron chi connectivity index (χ3n) is 4.76. The SMILES string of the molecule is CC(C)N(C(=O)COC(=O)[C@@H]1CC(=O)N(c2ccccc2F)C1)c1ccccc1. The van der Waals surface area contributed by atoms with Crippen LogP contribution in [0.3, 0.4) is 0 Å². The Bertz CT molecular complexity index is 901. The topological polar surface area (TPSA) is 66.9 Å². The third kappa shape index (κ3) is 4.62. The van der Waals surface area contributed by atoms with E-state index in [-0.39, 0.29) is 36.5 Å². The molecule has 1 fully saturated rings. The first-order valence-electron chi connectivity index (χ1n) is 9.47. The maximum atomic E-state index is 14.0. The highest BCUT2D eigenvalue weighted by Gasteiger charge is 2.37. The fraction of sp³-hybridized carbons (Fsp3) is 0.318. The number of ether oxygens (including phenoxy) is 1. The van der Waals surface area contributed by atoms with E-state index in [9.17, 15) is 18.8 Å². The summed E-state index contributed by atoms with van der Waals surface area (Å²) in [5, 5.41) is 0. The van der Waals surface area contributed by atoms with Crippen molar-refractivity contribution in [3.8, 4) is 0 Å². The number of nitrogens with zero attached hydrogens (tertiary/aromatic N) is 2. The van der Waals surface area contributed by atoms with Gasteiger partial charge in [-0.25, -0.2) is 4.39 Å². The molecule has 2 aromatic rings. The minimum atomic E-state index is -0.737. The number of anilines is 2. The lowest BCUT2D eigenvalue weighted by atomic mass is 10.1. The van der Waals surface area contributed by atoms with Crippen molar-refractivity contribution in [2.45, 2.75) is 26.3 Å². The minimum Gasteiger partial charge on any atom is -0.455 e. The number of benzene rings is 2. The smallest absolute Gasteiger partial charge is 0.311 e. The van der Waals surface area contributed by atoms with Gasteiger partial charge in [-0.15, -0.1) is 0 Å². The maximum Gasteiger partial charge on any atom is 0.311 e. The molecule has 1 heterocycles. The molecule has 0 N–H and O–H groups in total. The number of para-hydroxylation sites is 2. The predicted molar refractivity (Wildman–Crippen MR) is 107 cm³/mol. The Labute approximate surface area is 168 Å². The molecule has 1 saturated heterocycles. The van der Waals surface area contributed by atoms with Crippen LogP contribution in [0.1, 0.15) is 20.3 Å². The second-order valence-electron chi connectivity index (χ2n) is 7.16. The fourth-order valence-electron chi connectivity index (χ4n) is 3.41. The molecule has 0 spiro atoms. The Morgan fingerprint density at radius 3 is 2.45 bits per heavy atom. The molecular formula is C22H23FN2O4. The summed E-state index contributed by atoms with van der Waals surface area (Å²) in [6.07, 6.45) is -0.0755. The number of carbonyl (C=O) groups is 3. The zero-order valence-corrected chi connectivity index (χ0v) is 16.4. The van der Waals surface area contributed by atoms with E-state index in [4.69, 9.17) is 4.74 Å². The predicted octanol–water partition coefficient (Wildman–Crippen LogP) is 3.16. The number of carbonyl (C=O) groups excluding carboxylic acids is 3. The van der Waals surface area contributed by atoms with E-state index in [0.29, 0.717) is 5.69 Å². The molecule has 0 unspecified atom stereocenters. The number of hydrogen-bond acceptors (Lipinski definition) is 4. The number of hydrogen-bond donors (Lipinski definition) is 0. The summed E-state index contributed by atoms with van der Waals surface area (Å²) in [5.41, 5.74) is 0.851. The van der Waals surface area contributed by atoms with Crippen LogP contribution in [0, 0.1) is 11.7 Å². The first kappa shape index (κ1) is 20.5. The molecule has 29 heavy (non-hydrogen) atoms. The quantitative estimate of drug-likeness (QED) is 0.701. The van der Waals surface area contributed by atoms with Crippen LogP contribution in [0.5, 0.6) is 0 Å². The van der Waals surface area contributed by atoms with Gasteiger partial charge < -0.3 is 14.5 Å². The summed E-state index contributed by atoms with van der Waals surface area (Å²) in [6.45, 7) is 3.35. The summed E-state index contributed by atoms with van der Waals surface area (Å²) in [7, 11) is 0. The Balaban J connectivity index is 1.61. The van der Waals surface area contributed by atoms with Crippen LogP contribution in [-0.2, 0) is 19.1 Å². The standard InChI is InChI=1S/C22H23FN2O4/c1-15(2)25(17-8-4-3-5-9-17)21(27)14-29-22(28)16-12-20(26)24(13-16)19-11-7-6-10-18(19)23/h3-11,15-16H,12-14H2,1-2H3/t16-/m1/s1. The molecule has 1 aliphatic rings. The van der Waals surface area contributed by atoms with Crippen LogP contribution in [0.4, 0.5) is 15.8 Å². The molecule has 0 radical (unpaired) electrons. The molecule has 152 valence electrons.